The van der Waals surface area contributed by atoms with Gasteiger partial charge in [-0.15, -0.1) is 0 Å². The number of ether oxygens (including phenoxy) is 3. The summed E-state index contributed by atoms with van der Waals surface area (Å²) in [7, 11) is 0. The average Bonchev–Trinajstić information content (AvgIpc) is 3.79. The summed E-state index contributed by atoms with van der Waals surface area (Å²) in [5.41, 5.74) is 7.82. The number of aromatic nitrogens is 1. The first-order valence-corrected chi connectivity index (χ1v) is 18.5. The quantitative estimate of drug-likeness (QED) is 0.125. The molecule has 6 rings (SSSR count). The topological polar surface area (TPSA) is 255 Å². The molecule has 3 saturated heterocycles. The Morgan fingerprint density at radius 1 is 0.782 bits per heavy atom. The Labute approximate surface area is 317 Å². The van der Waals surface area contributed by atoms with Gasteiger partial charge < -0.3 is 61.7 Å². The molecular formula is C38H49N7O10. The van der Waals surface area contributed by atoms with E-state index in [1.807, 2.05) is 24.3 Å². The number of aliphatic hydroxyl groups excluding tert-OH is 1. The Morgan fingerprint density at radius 2 is 1.44 bits per heavy atom. The third-order valence-electron chi connectivity index (χ3n) is 10.00. The van der Waals surface area contributed by atoms with Crippen LogP contribution in [-0.4, -0.2) is 112 Å². The zero-order valence-electron chi connectivity index (χ0n) is 30.9. The molecule has 1 aromatic heterocycles. The molecule has 0 aliphatic carbocycles. The Kier molecular flexibility index (Phi) is 12.1. The fraction of sp³-hybridized carbons (Fsp3) is 0.500. The molecule has 2 aromatic carbocycles. The maximum absolute atomic E-state index is 14.3. The number of nitrogens with two attached hydrogens (primary N) is 1. The molecule has 10 N–H and O–H groups in total. The Bertz CT molecular complexity index is 1880. The van der Waals surface area contributed by atoms with Gasteiger partial charge in [-0.05, 0) is 75.9 Å². The van der Waals surface area contributed by atoms with Crippen LogP contribution in [0.15, 0.2) is 54.7 Å². The molecule has 17 heteroatoms. The number of amides is 5. The van der Waals surface area contributed by atoms with Gasteiger partial charge in [0.1, 0.15) is 36.0 Å². The van der Waals surface area contributed by atoms with Crippen molar-refractivity contribution in [2.24, 2.45) is 5.73 Å². The third-order valence-corrected chi connectivity index (χ3v) is 10.00. The van der Waals surface area contributed by atoms with Crippen molar-refractivity contribution in [3.05, 3.63) is 65.9 Å². The normalized spacial score (nSPS) is 29.4. The van der Waals surface area contributed by atoms with E-state index in [2.05, 4.69) is 31.6 Å². The Morgan fingerprint density at radius 3 is 2.15 bits per heavy atom. The summed E-state index contributed by atoms with van der Waals surface area (Å²) in [5, 5.41) is 35.1. The number of hydrogen-bond acceptors (Lipinski definition) is 11. The predicted molar refractivity (Wildman–Crippen MR) is 197 cm³/mol. The molecule has 0 saturated carbocycles. The molecule has 0 spiro atoms. The summed E-state index contributed by atoms with van der Waals surface area (Å²) in [5.74, 6) is -4.96. The number of benzene rings is 2. The van der Waals surface area contributed by atoms with Crippen molar-refractivity contribution in [2.45, 2.75) is 113 Å². The molecule has 0 bridgehead atoms. The van der Waals surface area contributed by atoms with Gasteiger partial charge >= 0.3 is 0 Å². The second-order valence-corrected chi connectivity index (χ2v) is 14.7. The van der Waals surface area contributed by atoms with E-state index in [1.54, 1.807) is 32.2 Å². The lowest BCUT2D eigenvalue weighted by Crippen LogP contribution is -2.64. The number of phenols is 1. The van der Waals surface area contributed by atoms with Crippen LogP contribution in [0.3, 0.4) is 0 Å². The predicted octanol–water partition coefficient (Wildman–Crippen LogP) is -0.517. The number of H-pyrrole nitrogens is 1. The number of rotatable bonds is 9. The summed E-state index contributed by atoms with van der Waals surface area (Å²) in [6.45, 7) is 4.94. The number of nitrogens with one attached hydrogen (secondary N) is 6. The van der Waals surface area contributed by atoms with Crippen LogP contribution in [0.2, 0.25) is 0 Å². The van der Waals surface area contributed by atoms with E-state index in [1.165, 1.54) is 19.1 Å². The minimum atomic E-state index is -1.52. The Balaban J connectivity index is 1.40. The van der Waals surface area contributed by atoms with Crippen LogP contribution in [0, 0.1) is 0 Å². The van der Waals surface area contributed by atoms with E-state index in [-0.39, 0.29) is 25.0 Å². The van der Waals surface area contributed by atoms with Gasteiger partial charge in [-0.2, -0.15) is 0 Å². The molecule has 9 atom stereocenters. The first-order chi connectivity index (χ1) is 26.2. The highest BCUT2D eigenvalue weighted by Gasteiger charge is 2.58. The van der Waals surface area contributed by atoms with Gasteiger partial charge in [-0.25, -0.2) is 0 Å². The summed E-state index contributed by atoms with van der Waals surface area (Å²) >= 11 is 0. The molecule has 3 aromatic rings. The lowest BCUT2D eigenvalue weighted by Gasteiger charge is -2.31. The molecule has 3 aliphatic rings. The molecule has 3 aliphatic heterocycles. The number of aliphatic hydroxyl groups is 1. The van der Waals surface area contributed by atoms with Crippen molar-refractivity contribution in [1.29, 1.82) is 0 Å². The van der Waals surface area contributed by atoms with E-state index in [0.29, 0.717) is 30.5 Å². The van der Waals surface area contributed by atoms with Crippen LogP contribution in [0.4, 0.5) is 0 Å². The average molecular weight is 764 g/mol. The highest BCUT2D eigenvalue weighted by atomic mass is 16.8. The first kappa shape index (κ1) is 39.6. The van der Waals surface area contributed by atoms with Crippen LogP contribution < -0.4 is 32.3 Å². The maximum atomic E-state index is 14.3. The SMILES string of the molecule is CC(O)C1NC(=O)C(CCCCN)NC(=O)[C@@H](Cc2c[nH]c3ccccc23)NC(=O)C(Cc2ccc(O)cc2)NC(=O)[C@H]2OC3OC(C)(C)O[C@@H]3C2NC1=O. The molecule has 0 radical (unpaired) electrons. The lowest BCUT2D eigenvalue weighted by atomic mass is 9.99. The number of phenolic OH excluding ortho intramolecular Hbond substituents is 1. The summed E-state index contributed by atoms with van der Waals surface area (Å²) in [6, 6.07) is 7.07. The number of para-hydroxylation sites is 1. The molecule has 296 valence electrons. The molecular weight excluding hydrogens is 714 g/mol. The molecule has 6 unspecified atom stereocenters. The zero-order valence-corrected chi connectivity index (χ0v) is 30.9. The second kappa shape index (κ2) is 16.7. The van der Waals surface area contributed by atoms with Crippen LogP contribution in [0.5, 0.6) is 5.75 Å². The van der Waals surface area contributed by atoms with Gasteiger partial charge in [0.2, 0.25) is 23.6 Å². The fourth-order valence-electron chi connectivity index (χ4n) is 7.17. The Hall–Kier alpha value is -5.07. The fourth-order valence-corrected chi connectivity index (χ4v) is 7.17. The van der Waals surface area contributed by atoms with Crippen molar-refractivity contribution in [3.63, 3.8) is 0 Å². The number of hydrogen-bond donors (Lipinski definition) is 9. The van der Waals surface area contributed by atoms with E-state index < -0.39 is 90.1 Å². The van der Waals surface area contributed by atoms with Crippen molar-refractivity contribution >= 4 is 40.4 Å². The van der Waals surface area contributed by atoms with Crippen LogP contribution in [-0.2, 0) is 51.0 Å². The van der Waals surface area contributed by atoms with Crippen molar-refractivity contribution in [2.75, 3.05) is 6.54 Å². The molecule has 5 amide bonds. The van der Waals surface area contributed by atoms with Gasteiger partial charge in [0.25, 0.3) is 5.91 Å². The van der Waals surface area contributed by atoms with Crippen LogP contribution >= 0.6 is 0 Å². The van der Waals surface area contributed by atoms with Crippen molar-refractivity contribution < 1.29 is 48.4 Å². The lowest BCUT2D eigenvalue weighted by molar-refractivity contribution is -0.208. The van der Waals surface area contributed by atoms with Gasteiger partial charge in [-0.3, -0.25) is 24.0 Å². The van der Waals surface area contributed by atoms with Gasteiger partial charge in [0, 0.05) is 29.9 Å². The summed E-state index contributed by atoms with van der Waals surface area (Å²) < 4.78 is 17.9. The minimum absolute atomic E-state index is 0.00105. The maximum Gasteiger partial charge on any atom is 0.252 e. The largest absolute Gasteiger partial charge is 0.508 e. The highest BCUT2D eigenvalue weighted by molar-refractivity contribution is 5.97. The van der Waals surface area contributed by atoms with Crippen molar-refractivity contribution in [1.82, 2.24) is 31.6 Å². The van der Waals surface area contributed by atoms with E-state index in [9.17, 15) is 34.2 Å². The molecule has 17 nitrogen and oxygen atoms in total. The monoisotopic (exact) mass is 763 g/mol. The van der Waals surface area contributed by atoms with E-state index in [4.69, 9.17) is 19.9 Å². The standard InChI is InChI=1S/C38H49N7O10/c1-19(46)28-35(51)45-29-30(53-37-31(29)54-38(2,3)55-37)36(52)43-26(16-20-11-13-22(47)14-12-20)33(49)42-27(17-21-18-40-24-9-5-4-8-23(21)24)34(50)41-25(32(48)44-28)10-6-7-15-39/h4-5,8-9,11-14,18-19,25-31,37,40,46-47H,6-7,10,15-17,39H2,1-3H3,(H,41,50)(H,42,49)(H,43,52)(H,44,48)(H,45,51)/t19?,25?,26?,27-,28?,29?,30+,31-,37?/m1/s1. The number of unbranched alkanes of at least 4 members (excludes halogenated alkanes) is 1. The minimum Gasteiger partial charge on any atom is -0.508 e. The van der Waals surface area contributed by atoms with Crippen molar-refractivity contribution in [3.8, 4) is 5.75 Å². The van der Waals surface area contributed by atoms with Crippen LogP contribution in [0.1, 0.15) is 51.2 Å². The number of aromatic amines is 1. The first-order valence-electron chi connectivity index (χ1n) is 18.5. The summed E-state index contributed by atoms with van der Waals surface area (Å²) in [6.07, 6.45) is -2.14. The van der Waals surface area contributed by atoms with Gasteiger partial charge in [0.05, 0.1) is 12.1 Å². The van der Waals surface area contributed by atoms with Gasteiger partial charge in [0.15, 0.2) is 18.2 Å². The molecule has 3 fully saturated rings. The zero-order chi connectivity index (χ0) is 39.4. The van der Waals surface area contributed by atoms with E-state index >= 15 is 0 Å². The third kappa shape index (κ3) is 9.25. The number of aromatic hydroxyl groups is 1. The number of carbonyl (C=O) groups is 5. The molecule has 4 heterocycles. The van der Waals surface area contributed by atoms with Crippen LogP contribution in [0.25, 0.3) is 10.9 Å². The second-order valence-electron chi connectivity index (χ2n) is 14.7. The van der Waals surface area contributed by atoms with Gasteiger partial charge in [-0.1, -0.05) is 30.3 Å². The summed E-state index contributed by atoms with van der Waals surface area (Å²) in [4.78, 5) is 73.7. The smallest absolute Gasteiger partial charge is 0.252 e. The van der Waals surface area contributed by atoms with E-state index in [0.717, 1.165) is 10.9 Å². The highest BCUT2D eigenvalue weighted by Crippen LogP contribution is 2.37. The number of carbonyl (C=O) groups excluding carboxylic acids is 5. The molecule has 55 heavy (non-hydrogen) atoms. The number of fused-ring (bicyclic) bond motifs is 4.